The van der Waals surface area contributed by atoms with Crippen molar-refractivity contribution >= 4 is 17.6 Å². The summed E-state index contributed by atoms with van der Waals surface area (Å²) in [4.78, 5) is 12.0. The Labute approximate surface area is 123 Å². The van der Waals surface area contributed by atoms with Gasteiger partial charge in [-0.1, -0.05) is 35.9 Å². The van der Waals surface area contributed by atoms with Crippen LogP contribution in [-0.4, -0.2) is 23.7 Å². The van der Waals surface area contributed by atoms with E-state index >= 15 is 0 Å². The van der Waals surface area contributed by atoms with E-state index in [1.54, 1.807) is 0 Å². The highest BCUT2D eigenvalue weighted by Gasteiger charge is 2.82. The number of benzene rings is 1. The normalized spacial score (nSPS) is 41.1. The predicted octanol–water partition coefficient (Wildman–Crippen LogP) is 2.69. The quantitative estimate of drug-likeness (QED) is 0.454. The highest BCUT2D eigenvalue weighted by Crippen LogP contribution is 2.68. The van der Waals surface area contributed by atoms with E-state index in [0.717, 1.165) is 25.7 Å². The van der Waals surface area contributed by atoms with E-state index in [2.05, 4.69) is 24.3 Å². The highest BCUT2D eigenvalue weighted by atomic mass is 35.5. The summed E-state index contributed by atoms with van der Waals surface area (Å²) >= 11 is 6.48. The molecule has 1 saturated carbocycles. The van der Waals surface area contributed by atoms with Gasteiger partial charge in [-0.05, 0) is 48.6 Å². The molecule has 4 rings (SSSR count). The number of epoxide rings is 1. The van der Waals surface area contributed by atoms with Crippen molar-refractivity contribution in [3.63, 3.8) is 0 Å². The molecule has 0 N–H and O–H groups in total. The van der Waals surface area contributed by atoms with Gasteiger partial charge >= 0.3 is 5.97 Å². The first-order valence-corrected chi connectivity index (χ1v) is 7.54. The van der Waals surface area contributed by atoms with Gasteiger partial charge in [0.2, 0.25) is 0 Å². The topological polar surface area (TPSA) is 38.8 Å². The molecule has 2 aliphatic carbocycles. The third-order valence-corrected chi connectivity index (χ3v) is 5.87. The van der Waals surface area contributed by atoms with Crippen LogP contribution in [0.5, 0.6) is 0 Å². The van der Waals surface area contributed by atoms with Crippen molar-refractivity contribution in [1.29, 1.82) is 0 Å². The van der Waals surface area contributed by atoms with Gasteiger partial charge in [0, 0.05) is 0 Å². The first-order valence-electron chi connectivity index (χ1n) is 7.16. The third kappa shape index (κ3) is 1.38. The number of carbonyl (C=O) groups excluding carboxylic acids is 1. The fourth-order valence-corrected chi connectivity index (χ4v) is 4.90. The van der Waals surface area contributed by atoms with Crippen LogP contribution in [0.25, 0.3) is 0 Å². The molecule has 1 saturated heterocycles. The number of esters is 1. The minimum absolute atomic E-state index is 0.313. The molecule has 1 heterocycles. The number of alkyl halides is 1. The number of fused-ring (bicyclic) bond motifs is 1. The first kappa shape index (κ1) is 12.7. The summed E-state index contributed by atoms with van der Waals surface area (Å²) in [5, 5.41) is -1.25. The summed E-state index contributed by atoms with van der Waals surface area (Å²) in [6.07, 6.45) is 4.03. The zero-order valence-corrected chi connectivity index (χ0v) is 12.2. The average molecular weight is 293 g/mol. The number of rotatable bonds is 1. The Morgan fingerprint density at radius 1 is 1.25 bits per heavy atom. The molecule has 1 spiro atoms. The largest absolute Gasteiger partial charge is 0.466 e. The van der Waals surface area contributed by atoms with Crippen LogP contribution in [-0.2, 0) is 27.1 Å². The average Bonchev–Trinajstić information content (AvgIpc) is 2.99. The van der Waals surface area contributed by atoms with Gasteiger partial charge < -0.3 is 9.47 Å². The van der Waals surface area contributed by atoms with Crippen molar-refractivity contribution in [3.05, 3.63) is 35.4 Å². The summed E-state index contributed by atoms with van der Waals surface area (Å²) in [6.45, 7) is 0. The van der Waals surface area contributed by atoms with Gasteiger partial charge in [-0.25, -0.2) is 4.79 Å². The van der Waals surface area contributed by atoms with Gasteiger partial charge in [0.1, 0.15) is 5.60 Å². The lowest BCUT2D eigenvalue weighted by atomic mass is 9.84. The number of hydrogen-bond acceptors (Lipinski definition) is 3. The van der Waals surface area contributed by atoms with Crippen LogP contribution in [0, 0.1) is 11.8 Å². The summed E-state index contributed by atoms with van der Waals surface area (Å²) < 4.78 is 10.7. The van der Waals surface area contributed by atoms with Gasteiger partial charge in [-0.2, -0.15) is 0 Å². The van der Waals surface area contributed by atoms with Crippen LogP contribution in [0.15, 0.2) is 24.3 Å². The Bertz CT molecular complexity index is 552. The zero-order chi connectivity index (χ0) is 14.0. The molecule has 4 heteroatoms. The van der Waals surface area contributed by atoms with E-state index in [4.69, 9.17) is 21.1 Å². The Balaban J connectivity index is 1.75. The molecule has 3 unspecified atom stereocenters. The Morgan fingerprint density at radius 3 is 2.30 bits per heavy atom. The molecule has 2 fully saturated rings. The second kappa shape index (κ2) is 3.99. The summed E-state index contributed by atoms with van der Waals surface area (Å²) in [6, 6.07) is 8.51. The van der Waals surface area contributed by atoms with Crippen molar-refractivity contribution in [3.8, 4) is 0 Å². The van der Waals surface area contributed by atoms with E-state index < -0.39 is 16.6 Å². The highest BCUT2D eigenvalue weighted by molar-refractivity contribution is 6.36. The lowest BCUT2D eigenvalue weighted by Gasteiger charge is -2.19. The molecule has 0 radical (unpaired) electrons. The number of ether oxygens (including phenoxy) is 2. The summed E-state index contributed by atoms with van der Waals surface area (Å²) in [7, 11) is 1.37. The number of halogens is 1. The Hall–Kier alpha value is -1.06. The van der Waals surface area contributed by atoms with Crippen molar-refractivity contribution < 1.29 is 14.3 Å². The molecule has 1 aliphatic heterocycles. The number of methoxy groups -OCH3 is 1. The minimum atomic E-state index is -1.25. The molecule has 1 aromatic carbocycles. The van der Waals surface area contributed by atoms with E-state index in [1.165, 1.54) is 18.2 Å². The maximum atomic E-state index is 12.0. The van der Waals surface area contributed by atoms with Crippen LogP contribution in [0.2, 0.25) is 0 Å². The lowest BCUT2D eigenvalue weighted by molar-refractivity contribution is -0.143. The van der Waals surface area contributed by atoms with Crippen LogP contribution in [0.3, 0.4) is 0 Å². The number of hydrogen-bond donors (Lipinski definition) is 0. The van der Waals surface area contributed by atoms with E-state index in [-0.39, 0.29) is 0 Å². The monoisotopic (exact) mass is 292 g/mol. The molecular weight excluding hydrogens is 276 g/mol. The fourth-order valence-electron chi connectivity index (χ4n) is 4.39. The molecule has 2 bridgehead atoms. The molecule has 1 aromatic rings. The van der Waals surface area contributed by atoms with Crippen molar-refractivity contribution in [2.24, 2.45) is 11.8 Å². The fraction of sp³-hybridized carbons (Fsp3) is 0.562. The van der Waals surface area contributed by atoms with Gasteiger partial charge in [-0.15, -0.1) is 0 Å². The summed E-state index contributed by atoms with van der Waals surface area (Å²) in [5.74, 6) is 0.183. The molecule has 20 heavy (non-hydrogen) atoms. The van der Waals surface area contributed by atoms with Crippen LogP contribution in [0.1, 0.15) is 24.0 Å². The maximum absolute atomic E-state index is 12.0. The zero-order valence-electron chi connectivity index (χ0n) is 11.4. The standard InChI is InChI=1S/C16H17ClO3/c1-19-14(18)16(17)15(20-16)12-6-7-13(15)9-11-5-3-2-4-10(11)8-12/h2-5,12-13H,6-9H2,1H3. The van der Waals surface area contributed by atoms with Crippen LogP contribution < -0.4 is 0 Å². The van der Waals surface area contributed by atoms with Crippen molar-refractivity contribution in [1.82, 2.24) is 0 Å². The van der Waals surface area contributed by atoms with Gasteiger partial charge in [0.25, 0.3) is 5.06 Å². The van der Waals surface area contributed by atoms with Crippen LogP contribution >= 0.6 is 11.6 Å². The maximum Gasteiger partial charge on any atom is 0.357 e. The molecule has 106 valence electrons. The minimum Gasteiger partial charge on any atom is -0.466 e. The second-order valence-corrected chi connectivity index (χ2v) is 6.66. The molecule has 3 atom stereocenters. The molecule has 3 aliphatic rings. The van der Waals surface area contributed by atoms with Crippen LogP contribution in [0.4, 0.5) is 0 Å². The first-order chi connectivity index (χ1) is 9.62. The van der Waals surface area contributed by atoms with E-state index in [9.17, 15) is 4.79 Å². The van der Waals surface area contributed by atoms with E-state index in [0.29, 0.717) is 11.8 Å². The van der Waals surface area contributed by atoms with Crippen molar-refractivity contribution in [2.75, 3.05) is 7.11 Å². The van der Waals surface area contributed by atoms with E-state index in [1.807, 2.05) is 0 Å². The SMILES string of the molecule is COC(=O)C1(Cl)OC12C1CCC2Cc2ccccc2C1. The molecule has 0 amide bonds. The molecule has 3 nitrogen and oxygen atoms in total. The van der Waals surface area contributed by atoms with Crippen molar-refractivity contribution in [2.45, 2.75) is 36.3 Å². The smallest absolute Gasteiger partial charge is 0.357 e. The predicted molar refractivity (Wildman–Crippen MR) is 74.5 cm³/mol. The Kier molecular flexibility index (Phi) is 2.52. The molecular formula is C16H17ClO3. The lowest BCUT2D eigenvalue weighted by Crippen LogP contribution is -2.38. The molecule has 0 aromatic heterocycles. The van der Waals surface area contributed by atoms with Gasteiger partial charge in [0.05, 0.1) is 7.11 Å². The van der Waals surface area contributed by atoms with Gasteiger partial charge in [0.15, 0.2) is 0 Å². The van der Waals surface area contributed by atoms with Gasteiger partial charge in [-0.3, -0.25) is 0 Å². The third-order valence-electron chi connectivity index (χ3n) is 5.35. The second-order valence-electron chi connectivity index (χ2n) is 6.13. The summed E-state index contributed by atoms with van der Waals surface area (Å²) in [5.41, 5.74) is 2.23. The Morgan fingerprint density at radius 2 is 1.80 bits per heavy atom. The number of carbonyl (C=O) groups is 1.